The van der Waals surface area contributed by atoms with Gasteiger partial charge in [-0.1, -0.05) is 11.6 Å². The van der Waals surface area contributed by atoms with Crippen LogP contribution in [0.4, 0.5) is 0 Å². The van der Waals surface area contributed by atoms with Gasteiger partial charge in [0.05, 0.1) is 5.02 Å². The van der Waals surface area contributed by atoms with Gasteiger partial charge < -0.3 is 10.2 Å². The Balaban J connectivity index is 2.56. The van der Waals surface area contributed by atoms with Gasteiger partial charge >= 0.3 is 0 Å². The third-order valence-corrected chi connectivity index (χ3v) is 3.26. The minimum Gasteiger partial charge on any atom is -0.351 e. The van der Waals surface area contributed by atoms with Crippen molar-refractivity contribution >= 4 is 33.4 Å². The summed E-state index contributed by atoms with van der Waals surface area (Å²) in [5, 5.41) is 3.36. The summed E-state index contributed by atoms with van der Waals surface area (Å²) >= 11 is 9.19. The number of nitrogens with zero attached hydrogens (tertiary/aromatic N) is 1. The smallest absolute Gasteiger partial charge is 0.251 e. The fraction of sp³-hybridized carbons (Fsp3) is 0.364. The quantitative estimate of drug-likeness (QED) is 0.926. The average molecular weight is 306 g/mol. The molecule has 1 aromatic rings. The van der Waals surface area contributed by atoms with E-state index in [1.165, 1.54) is 0 Å². The standard InChI is InChI=1S/C11H14BrClN2O/c1-15(2)6-5-14-11(16)8-3-4-9(12)10(13)7-8/h3-4,7H,5-6H2,1-2H3,(H,14,16). The van der Waals surface area contributed by atoms with Gasteiger partial charge in [0.15, 0.2) is 0 Å². The third kappa shape index (κ3) is 4.12. The van der Waals surface area contributed by atoms with Gasteiger partial charge in [-0.15, -0.1) is 0 Å². The lowest BCUT2D eigenvalue weighted by Gasteiger charge is -2.10. The van der Waals surface area contributed by atoms with Crippen molar-refractivity contribution in [3.63, 3.8) is 0 Å². The average Bonchev–Trinajstić information content (AvgIpc) is 2.21. The highest BCUT2D eigenvalue weighted by molar-refractivity contribution is 9.10. The van der Waals surface area contributed by atoms with Crippen LogP contribution in [0.15, 0.2) is 22.7 Å². The number of halogens is 2. The van der Waals surface area contributed by atoms with Crippen molar-refractivity contribution in [1.29, 1.82) is 0 Å². The summed E-state index contributed by atoms with van der Waals surface area (Å²) in [6.45, 7) is 1.44. The maximum atomic E-state index is 11.7. The fourth-order valence-electron chi connectivity index (χ4n) is 1.13. The molecule has 0 aromatic heterocycles. The number of likely N-dealkylation sites (N-methyl/N-ethyl adjacent to an activating group) is 1. The second-order valence-electron chi connectivity index (χ2n) is 3.69. The van der Waals surface area contributed by atoms with Crippen molar-refractivity contribution in [2.75, 3.05) is 27.2 Å². The molecule has 0 unspecified atom stereocenters. The predicted octanol–water partition coefficient (Wildman–Crippen LogP) is 2.39. The Morgan fingerprint density at radius 3 is 2.75 bits per heavy atom. The third-order valence-electron chi connectivity index (χ3n) is 2.03. The first-order valence-corrected chi connectivity index (χ1v) is 6.06. The first kappa shape index (κ1) is 13.5. The summed E-state index contributed by atoms with van der Waals surface area (Å²) in [5.74, 6) is -0.101. The molecular formula is C11H14BrClN2O. The number of hydrogen-bond donors (Lipinski definition) is 1. The van der Waals surface area contributed by atoms with E-state index in [1.54, 1.807) is 18.2 Å². The molecule has 16 heavy (non-hydrogen) atoms. The van der Waals surface area contributed by atoms with Crippen molar-refractivity contribution in [3.8, 4) is 0 Å². The van der Waals surface area contributed by atoms with Crippen molar-refractivity contribution in [3.05, 3.63) is 33.3 Å². The van der Waals surface area contributed by atoms with Gasteiger partial charge in [-0.3, -0.25) is 4.79 Å². The molecule has 0 saturated heterocycles. The number of hydrogen-bond acceptors (Lipinski definition) is 2. The Kier molecular flexibility index (Phi) is 5.25. The molecule has 0 radical (unpaired) electrons. The lowest BCUT2D eigenvalue weighted by atomic mass is 10.2. The molecule has 3 nitrogen and oxygen atoms in total. The zero-order chi connectivity index (χ0) is 12.1. The molecule has 5 heteroatoms. The van der Waals surface area contributed by atoms with Gasteiger partial charge in [0.1, 0.15) is 0 Å². The van der Waals surface area contributed by atoms with E-state index in [2.05, 4.69) is 21.2 Å². The Hall–Kier alpha value is -0.580. The molecular weight excluding hydrogens is 291 g/mol. The number of carbonyl (C=O) groups is 1. The monoisotopic (exact) mass is 304 g/mol. The molecule has 1 aromatic carbocycles. The van der Waals surface area contributed by atoms with E-state index in [9.17, 15) is 4.79 Å². The number of benzene rings is 1. The first-order valence-electron chi connectivity index (χ1n) is 4.88. The van der Waals surface area contributed by atoms with Gasteiger partial charge in [0.25, 0.3) is 5.91 Å². The molecule has 1 rings (SSSR count). The molecule has 0 aliphatic carbocycles. The lowest BCUT2D eigenvalue weighted by Crippen LogP contribution is -2.31. The molecule has 0 aliphatic heterocycles. The molecule has 1 N–H and O–H groups in total. The zero-order valence-electron chi connectivity index (χ0n) is 9.26. The lowest BCUT2D eigenvalue weighted by molar-refractivity contribution is 0.0951. The van der Waals surface area contributed by atoms with Crippen molar-refractivity contribution in [2.45, 2.75) is 0 Å². The highest BCUT2D eigenvalue weighted by atomic mass is 79.9. The number of rotatable bonds is 4. The molecule has 88 valence electrons. The van der Waals surface area contributed by atoms with Crippen LogP contribution in [0.5, 0.6) is 0 Å². The van der Waals surface area contributed by atoms with E-state index in [0.717, 1.165) is 11.0 Å². The fourth-order valence-corrected chi connectivity index (χ4v) is 1.56. The Bertz CT molecular complexity index is 382. The van der Waals surface area contributed by atoms with Gasteiger partial charge in [-0.2, -0.15) is 0 Å². The maximum absolute atomic E-state index is 11.7. The molecule has 0 aliphatic rings. The summed E-state index contributed by atoms with van der Waals surface area (Å²) in [6.07, 6.45) is 0. The van der Waals surface area contributed by atoms with Crippen LogP contribution in [0.1, 0.15) is 10.4 Å². The van der Waals surface area contributed by atoms with E-state index < -0.39 is 0 Å². The Morgan fingerprint density at radius 1 is 1.50 bits per heavy atom. The molecule has 0 heterocycles. The topological polar surface area (TPSA) is 32.3 Å². The van der Waals surface area contributed by atoms with Crippen molar-refractivity contribution < 1.29 is 4.79 Å². The van der Waals surface area contributed by atoms with Crippen molar-refractivity contribution in [1.82, 2.24) is 10.2 Å². The first-order chi connectivity index (χ1) is 7.50. The highest BCUT2D eigenvalue weighted by Crippen LogP contribution is 2.22. The van der Waals surface area contributed by atoms with Crippen LogP contribution in [-0.2, 0) is 0 Å². The van der Waals surface area contributed by atoms with Crippen molar-refractivity contribution in [2.24, 2.45) is 0 Å². The normalized spacial score (nSPS) is 10.6. The van der Waals surface area contributed by atoms with Gasteiger partial charge in [-0.25, -0.2) is 0 Å². The molecule has 0 fully saturated rings. The minimum atomic E-state index is -0.101. The molecule has 0 atom stereocenters. The molecule has 0 spiro atoms. The second kappa shape index (κ2) is 6.23. The zero-order valence-corrected chi connectivity index (χ0v) is 11.6. The summed E-state index contributed by atoms with van der Waals surface area (Å²) < 4.78 is 0.791. The second-order valence-corrected chi connectivity index (χ2v) is 4.95. The largest absolute Gasteiger partial charge is 0.351 e. The van der Waals surface area contributed by atoms with Gasteiger partial charge in [-0.05, 0) is 48.2 Å². The van der Waals surface area contributed by atoms with Gasteiger partial charge in [0, 0.05) is 23.1 Å². The molecule has 0 bridgehead atoms. The molecule has 0 saturated carbocycles. The SMILES string of the molecule is CN(C)CCNC(=O)c1ccc(Br)c(Cl)c1. The summed E-state index contributed by atoms with van der Waals surface area (Å²) in [4.78, 5) is 13.7. The number of nitrogens with one attached hydrogen (secondary N) is 1. The van der Waals surface area contributed by atoms with Crippen LogP contribution in [0, 0.1) is 0 Å². The minimum absolute atomic E-state index is 0.101. The number of carbonyl (C=O) groups excluding carboxylic acids is 1. The van der Waals surface area contributed by atoms with E-state index in [4.69, 9.17) is 11.6 Å². The van der Waals surface area contributed by atoms with Crippen LogP contribution >= 0.6 is 27.5 Å². The van der Waals surface area contributed by atoms with E-state index in [0.29, 0.717) is 17.1 Å². The summed E-state index contributed by atoms with van der Waals surface area (Å²) in [7, 11) is 3.92. The summed E-state index contributed by atoms with van der Waals surface area (Å²) in [6, 6.07) is 5.15. The Labute approximate surface area is 109 Å². The van der Waals surface area contributed by atoms with E-state index in [-0.39, 0.29) is 5.91 Å². The molecule has 1 amide bonds. The maximum Gasteiger partial charge on any atom is 0.251 e. The predicted molar refractivity (Wildman–Crippen MR) is 70.0 cm³/mol. The van der Waals surface area contributed by atoms with Crippen LogP contribution in [0.2, 0.25) is 5.02 Å². The van der Waals surface area contributed by atoms with E-state index >= 15 is 0 Å². The van der Waals surface area contributed by atoms with Crippen LogP contribution < -0.4 is 5.32 Å². The van der Waals surface area contributed by atoms with Crippen LogP contribution in [0.3, 0.4) is 0 Å². The van der Waals surface area contributed by atoms with Crippen LogP contribution in [0.25, 0.3) is 0 Å². The highest BCUT2D eigenvalue weighted by Gasteiger charge is 2.06. The number of amides is 1. The van der Waals surface area contributed by atoms with Crippen LogP contribution in [-0.4, -0.2) is 38.0 Å². The van der Waals surface area contributed by atoms with E-state index in [1.807, 2.05) is 19.0 Å². The van der Waals surface area contributed by atoms with Gasteiger partial charge in [0.2, 0.25) is 0 Å². The Morgan fingerprint density at radius 2 is 2.19 bits per heavy atom. The summed E-state index contributed by atoms with van der Waals surface area (Å²) in [5.41, 5.74) is 0.576.